The van der Waals surface area contributed by atoms with E-state index in [1.807, 2.05) is 0 Å². The van der Waals surface area contributed by atoms with E-state index in [9.17, 15) is 8.42 Å². The van der Waals surface area contributed by atoms with Crippen LogP contribution in [0.25, 0.3) is 0 Å². The summed E-state index contributed by atoms with van der Waals surface area (Å²) in [5, 5.41) is 8.25. The van der Waals surface area contributed by atoms with Crippen LogP contribution in [0.2, 0.25) is 0 Å². The van der Waals surface area contributed by atoms with Gasteiger partial charge in [-0.15, -0.1) is 0 Å². The fourth-order valence-corrected chi connectivity index (χ4v) is 1.22. The zero-order valence-electron chi connectivity index (χ0n) is 5.58. The van der Waals surface area contributed by atoms with Gasteiger partial charge in [-0.3, -0.25) is 0 Å². The summed E-state index contributed by atoms with van der Waals surface area (Å²) in [6, 6.07) is 0. The van der Waals surface area contributed by atoms with Gasteiger partial charge in [0.05, 0.1) is 12.4 Å². The van der Waals surface area contributed by atoms with Crippen LogP contribution in [-0.2, 0) is 10.0 Å². The molecule has 0 rings (SSSR count). The molecule has 0 heterocycles. The molecule has 0 aliphatic heterocycles. The summed E-state index contributed by atoms with van der Waals surface area (Å²) in [5.74, 6) is -0.257. The number of hydrogen-bond acceptors (Lipinski definition) is 4. The normalized spacial score (nSPS) is 11.8. The van der Waals surface area contributed by atoms with Crippen molar-refractivity contribution in [3.8, 4) is 0 Å². The number of nitrogens with one attached hydrogen (secondary N) is 1. The Bertz CT molecular complexity index is 165. The lowest BCUT2D eigenvalue weighted by Crippen LogP contribution is -2.32. The van der Waals surface area contributed by atoms with E-state index >= 15 is 0 Å². The Morgan fingerprint density at radius 3 is 2.50 bits per heavy atom. The number of sulfonamides is 1. The second-order valence-corrected chi connectivity index (χ2v) is 3.65. The SMILES string of the molecule is NCCNS(=O)(=O)CCO. The minimum atomic E-state index is -3.27. The zero-order valence-corrected chi connectivity index (χ0v) is 6.39. The average molecular weight is 168 g/mol. The lowest BCUT2D eigenvalue weighted by molar-refractivity contribution is 0.319. The standard InChI is InChI=1S/C4H12N2O3S/c5-1-2-6-10(8,9)4-3-7/h6-7H,1-5H2. The molecule has 0 atom stereocenters. The first-order valence-corrected chi connectivity index (χ1v) is 4.56. The fraction of sp³-hybridized carbons (Fsp3) is 1.00. The maximum absolute atomic E-state index is 10.7. The largest absolute Gasteiger partial charge is 0.395 e. The van der Waals surface area contributed by atoms with Crippen molar-refractivity contribution in [1.82, 2.24) is 4.72 Å². The molecule has 0 aromatic rings. The van der Waals surface area contributed by atoms with Crippen LogP contribution in [0.15, 0.2) is 0 Å². The molecule has 0 saturated heterocycles. The van der Waals surface area contributed by atoms with Crippen molar-refractivity contribution >= 4 is 10.0 Å². The third kappa shape index (κ3) is 4.68. The molecule has 0 unspecified atom stereocenters. The lowest BCUT2D eigenvalue weighted by atomic mass is 10.7. The van der Waals surface area contributed by atoms with Crippen molar-refractivity contribution < 1.29 is 13.5 Å². The van der Waals surface area contributed by atoms with Crippen LogP contribution in [-0.4, -0.2) is 39.0 Å². The highest BCUT2D eigenvalue weighted by Gasteiger charge is 2.05. The van der Waals surface area contributed by atoms with Crippen LogP contribution in [0.5, 0.6) is 0 Å². The lowest BCUT2D eigenvalue weighted by Gasteiger charge is -2.01. The Morgan fingerprint density at radius 1 is 1.50 bits per heavy atom. The van der Waals surface area contributed by atoms with Gasteiger partial charge < -0.3 is 10.8 Å². The predicted molar refractivity (Wildman–Crippen MR) is 37.9 cm³/mol. The molecule has 0 aromatic heterocycles. The predicted octanol–water partition coefficient (Wildman–Crippen LogP) is -2.14. The van der Waals surface area contributed by atoms with Gasteiger partial charge in [-0.2, -0.15) is 0 Å². The molecule has 0 aromatic carbocycles. The maximum Gasteiger partial charge on any atom is 0.213 e. The van der Waals surface area contributed by atoms with E-state index in [1.165, 1.54) is 0 Å². The van der Waals surface area contributed by atoms with E-state index in [2.05, 4.69) is 4.72 Å². The molecule has 10 heavy (non-hydrogen) atoms. The molecule has 0 amide bonds. The second-order valence-electron chi connectivity index (χ2n) is 1.73. The monoisotopic (exact) mass is 168 g/mol. The number of nitrogens with two attached hydrogens (primary N) is 1. The Balaban J connectivity index is 3.65. The van der Waals surface area contributed by atoms with Gasteiger partial charge >= 0.3 is 0 Å². The Kier molecular flexibility index (Phi) is 4.54. The molecule has 0 bridgehead atoms. The summed E-state index contributed by atoms with van der Waals surface area (Å²) >= 11 is 0. The minimum absolute atomic E-state index is 0.225. The molecular weight excluding hydrogens is 156 g/mol. The van der Waals surface area contributed by atoms with Gasteiger partial charge in [0.2, 0.25) is 10.0 Å². The van der Waals surface area contributed by atoms with Crippen molar-refractivity contribution in [2.24, 2.45) is 5.73 Å². The van der Waals surface area contributed by atoms with Crippen molar-refractivity contribution in [3.63, 3.8) is 0 Å². The highest BCUT2D eigenvalue weighted by Crippen LogP contribution is 1.79. The Hall–Kier alpha value is -0.170. The van der Waals surface area contributed by atoms with Gasteiger partial charge in [0, 0.05) is 13.1 Å². The van der Waals surface area contributed by atoms with E-state index in [-0.39, 0.29) is 25.4 Å². The smallest absolute Gasteiger partial charge is 0.213 e. The van der Waals surface area contributed by atoms with Crippen molar-refractivity contribution in [2.75, 3.05) is 25.4 Å². The van der Waals surface area contributed by atoms with E-state index in [1.54, 1.807) is 0 Å². The number of hydrogen-bond donors (Lipinski definition) is 3. The van der Waals surface area contributed by atoms with Crippen LogP contribution in [0, 0.1) is 0 Å². The number of aliphatic hydroxyl groups excluding tert-OH is 1. The van der Waals surface area contributed by atoms with Gasteiger partial charge in [-0.25, -0.2) is 13.1 Å². The third-order valence-corrected chi connectivity index (χ3v) is 2.19. The molecule has 0 saturated carbocycles. The van der Waals surface area contributed by atoms with Crippen molar-refractivity contribution in [1.29, 1.82) is 0 Å². The highest BCUT2D eigenvalue weighted by atomic mass is 32.2. The molecule has 0 radical (unpaired) electrons. The zero-order chi connectivity index (χ0) is 8.04. The molecule has 0 aliphatic rings. The van der Waals surface area contributed by atoms with Gasteiger partial charge in [0.15, 0.2) is 0 Å². The average Bonchev–Trinajstić information content (AvgIpc) is 1.84. The summed E-state index contributed by atoms with van der Waals surface area (Å²) in [4.78, 5) is 0. The third-order valence-electron chi connectivity index (χ3n) is 0.826. The number of rotatable bonds is 5. The van der Waals surface area contributed by atoms with Crippen molar-refractivity contribution in [2.45, 2.75) is 0 Å². The maximum atomic E-state index is 10.7. The first kappa shape index (κ1) is 9.83. The van der Waals surface area contributed by atoms with Gasteiger partial charge in [-0.05, 0) is 0 Å². The molecule has 5 nitrogen and oxygen atoms in total. The topological polar surface area (TPSA) is 92.4 Å². The van der Waals surface area contributed by atoms with Crippen molar-refractivity contribution in [3.05, 3.63) is 0 Å². The van der Waals surface area contributed by atoms with Gasteiger partial charge in [0.25, 0.3) is 0 Å². The van der Waals surface area contributed by atoms with Crippen LogP contribution in [0.4, 0.5) is 0 Å². The molecule has 0 fully saturated rings. The number of aliphatic hydroxyl groups is 1. The highest BCUT2D eigenvalue weighted by molar-refractivity contribution is 7.89. The molecular formula is C4H12N2O3S. The second kappa shape index (κ2) is 4.62. The first-order valence-electron chi connectivity index (χ1n) is 2.90. The molecule has 0 aliphatic carbocycles. The van der Waals surface area contributed by atoms with Crippen LogP contribution < -0.4 is 10.5 Å². The van der Waals surface area contributed by atoms with Gasteiger partial charge in [0.1, 0.15) is 0 Å². The first-order chi connectivity index (χ1) is 4.62. The molecule has 0 spiro atoms. The van der Waals surface area contributed by atoms with E-state index in [0.29, 0.717) is 0 Å². The quantitative estimate of drug-likeness (QED) is 0.436. The fourth-order valence-electron chi connectivity index (χ4n) is 0.407. The van der Waals surface area contributed by atoms with Crippen LogP contribution >= 0.6 is 0 Å². The van der Waals surface area contributed by atoms with Crippen LogP contribution in [0.1, 0.15) is 0 Å². The molecule has 4 N–H and O–H groups in total. The summed E-state index contributed by atoms with van der Waals surface area (Å²) in [5.41, 5.74) is 5.04. The Morgan fingerprint density at radius 2 is 2.10 bits per heavy atom. The summed E-state index contributed by atoms with van der Waals surface area (Å²) in [6.45, 7) is 0.132. The molecule has 62 valence electrons. The summed E-state index contributed by atoms with van der Waals surface area (Å²) < 4.78 is 23.5. The van der Waals surface area contributed by atoms with E-state index in [4.69, 9.17) is 10.8 Å². The summed E-state index contributed by atoms with van der Waals surface area (Å²) in [7, 11) is -3.27. The van der Waals surface area contributed by atoms with Crippen LogP contribution in [0.3, 0.4) is 0 Å². The van der Waals surface area contributed by atoms with E-state index < -0.39 is 10.0 Å². The summed E-state index contributed by atoms with van der Waals surface area (Å²) in [6.07, 6.45) is 0. The Labute approximate surface area is 60.3 Å². The molecule has 6 heteroatoms. The van der Waals surface area contributed by atoms with Gasteiger partial charge in [-0.1, -0.05) is 0 Å². The van der Waals surface area contributed by atoms with E-state index in [0.717, 1.165) is 0 Å². The minimum Gasteiger partial charge on any atom is -0.395 e.